The lowest BCUT2D eigenvalue weighted by Gasteiger charge is -2.34. The largest absolute Gasteiger partial charge is 0.399 e. The Hall–Kier alpha value is -1.62. The van der Waals surface area contributed by atoms with Gasteiger partial charge in [-0.25, -0.2) is 17.0 Å². The number of sulfonamides is 1. The molecule has 2 aromatic carbocycles. The third-order valence-corrected chi connectivity index (χ3v) is 12.0. The first kappa shape index (κ1) is 30.8. The molecule has 2 heterocycles. The van der Waals surface area contributed by atoms with E-state index in [2.05, 4.69) is 38.6 Å². The van der Waals surface area contributed by atoms with E-state index in [0.29, 0.717) is 23.7 Å². The molecule has 226 valence electrons. The van der Waals surface area contributed by atoms with Crippen LogP contribution in [0.15, 0.2) is 47.4 Å². The summed E-state index contributed by atoms with van der Waals surface area (Å²) in [4.78, 5) is 2.97. The molecule has 0 aromatic heterocycles. The van der Waals surface area contributed by atoms with Crippen LogP contribution in [-0.4, -0.2) is 78.6 Å². The molecule has 2 aliphatic heterocycles. The van der Waals surface area contributed by atoms with Crippen molar-refractivity contribution in [2.45, 2.75) is 76.2 Å². The second-order valence-corrected chi connectivity index (χ2v) is 15.4. The highest BCUT2D eigenvalue weighted by atomic mass is 32.2. The number of anilines is 1. The first-order valence-corrected chi connectivity index (χ1v) is 17.9. The first-order valence-electron chi connectivity index (χ1n) is 15.7. The van der Waals surface area contributed by atoms with Gasteiger partial charge in [0.25, 0.3) is 0 Å². The highest BCUT2D eigenvalue weighted by Crippen LogP contribution is 2.29. The number of nitrogens with two attached hydrogens (primary N) is 1. The summed E-state index contributed by atoms with van der Waals surface area (Å²) in [5, 5.41) is 0. The SMILES string of the molecule is Cc1ccc2c(c1)CCN(SN1CCCN(CC3CCCCC3)CCCN(S(=O)(=O)c3ccc(N)cc3)CCC1)C2. The van der Waals surface area contributed by atoms with Gasteiger partial charge >= 0.3 is 0 Å². The van der Waals surface area contributed by atoms with Gasteiger partial charge in [-0.1, -0.05) is 43.0 Å². The summed E-state index contributed by atoms with van der Waals surface area (Å²) < 4.78 is 34.1. The Kier molecular flexibility index (Phi) is 11.1. The summed E-state index contributed by atoms with van der Waals surface area (Å²) in [5.41, 5.74) is 10.7. The van der Waals surface area contributed by atoms with E-state index in [1.54, 1.807) is 28.6 Å². The molecule has 0 amide bonds. The molecular weight excluding hydrogens is 551 g/mol. The summed E-state index contributed by atoms with van der Waals surface area (Å²) in [6.45, 7) is 10.4. The maximum Gasteiger partial charge on any atom is 0.243 e. The van der Waals surface area contributed by atoms with Crippen molar-refractivity contribution in [1.82, 2.24) is 17.8 Å². The van der Waals surface area contributed by atoms with Crippen LogP contribution in [-0.2, 0) is 23.0 Å². The van der Waals surface area contributed by atoms with Crippen molar-refractivity contribution in [3.05, 3.63) is 59.2 Å². The maximum absolute atomic E-state index is 13.7. The molecule has 41 heavy (non-hydrogen) atoms. The van der Waals surface area contributed by atoms with E-state index in [1.165, 1.54) is 48.8 Å². The van der Waals surface area contributed by atoms with Crippen molar-refractivity contribution in [2.75, 3.05) is 58.1 Å². The zero-order valence-corrected chi connectivity index (χ0v) is 26.5. The van der Waals surface area contributed by atoms with Crippen LogP contribution in [0.5, 0.6) is 0 Å². The normalized spacial score (nSPS) is 22.1. The van der Waals surface area contributed by atoms with Crippen LogP contribution < -0.4 is 5.73 Å². The molecule has 2 fully saturated rings. The van der Waals surface area contributed by atoms with E-state index in [9.17, 15) is 8.42 Å². The van der Waals surface area contributed by atoms with Gasteiger partial charge in [0.1, 0.15) is 0 Å². The summed E-state index contributed by atoms with van der Waals surface area (Å²) in [6, 6.07) is 13.5. The van der Waals surface area contributed by atoms with Crippen LogP contribution in [0.2, 0.25) is 0 Å². The fourth-order valence-corrected chi connectivity index (χ4v) is 9.25. The van der Waals surface area contributed by atoms with Gasteiger partial charge in [0.2, 0.25) is 10.0 Å². The highest BCUT2D eigenvalue weighted by Gasteiger charge is 2.26. The Bertz CT molecular complexity index is 1220. The van der Waals surface area contributed by atoms with Crippen LogP contribution in [0.3, 0.4) is 0 Å². The van der Waals surface area contributed by atoms with E-state index in [0.717, 1.165) is 77.4 Å². The molecule has 1 saturated carbocycles. The van der Waals surface area contributed by atoms with Gasteiger partial charge < -0.3 is 10.6 Å². The highest BCUT2D eigenvalue weighted by molar-refractivity contribution is 7.94. The molecule has 5 rings (SSSR count). The van der Waals surface area contributed by atoms with Crippen molar-refractivity contribution >= 4 is 27.8 Å². The molecule has 2 N–H and O–H groups in total. The molecule has 0 atom stereocenters. The summed E-state index contributed by atoms with van der Waals surface area (Å²) in [6.07, 6.45) is 10.7. The summed E-state index contributed by atoms with van der Waals surface area (Å²) in [5.74, 6) is 0.786. The van der Waals surface area contributed by atoms with Crippen molar-refractivity contribution < 1.29 is 8.42 Å². The predicted molar refractivity (Wildman–Crippen MR) is 171 cm³/mol. The minimum atomic E-state index is -3.57. The number of hydrogen-bond donors (Lipinski definition) is 1. The topological polar surface area (TPSA) is 73.1 Å². The van der Waals surface area contributed by atoms with Gasteiger partial charge in [0, 0.05) is 63.6 Å². The maximum atomic E-state index is 13.7. The molecule has 1 saturated heterocycles. The Morgan fingerprint density at radius 3 is 2.20 bits per heavy atom. The minimum Gasteiger partial charge on any atom is -0.399 e. The minimum absolute atomic E-state index is 0.339. The third-order valence-electron chi connectivity index (χ3n) is 8.91. The smallest absolute Gasteiger partial charge is 0.243 e. The number of rotatable bonds is 6. The summed E-state index contributed by atoms with van der Waals surface area (Å²) in [7, 11) is -3.57. The standard InChI is InChI=1S/C32H49N5O2S2/c1-27-10-11-30-26-36(23-16-29(30)24-27)40-35-19-5-17-34(25-28-8-3-2-4-9-28)18-6-21-37(22-7-20-35)41(38,39)32-14-12-31(33)13-15-32/h10-15,24,28H,2-9,16-23,25-26,33H2,1H3. The zero-order chi connectivity index (χ0) is 28.7. The van der Waals surface area contributed by atoms with Crippen molar-refractivity contribution in [3.8, 4) is 0 Å². The van der Waals surface area contributed by atoms with Crippen molar-refractivity contribution in [1.29, 1.82) is 0 Å². The van der Waals surface area contributed by atoms with E-state index in [-0.39, 0.29) is 0 Å². The number of nitrogen functional groups attached to an aromatic ring is 1. The molecule has 0 bridgehead atoms. The summed E-state index contributed by atoms with van der Waals surface area (Å²) >= 11 is 1.87. The molecule has 3 aliphatic rings. The Morgan fingerprint density at radius 1 is 0.780 bits per heavy atom. The van der Waals surface area contributed by atoms with Gasteiger partial charge in [-0.3, -0.25) is 0 Å². The number of fused-ring (bicyclic) bond motifs is 1. The molecule has 0 unspecified atom stereocenters. The average Bonchev–Trinajstić information content (AvgIpc) is 2.96. The van der Waals surface area contributed by atoms with Crippen LogP contribution in [0.1, 0.15) is 68.1 Å². The lowest BCUT2D eigenvalue weighted by molar-refractivity contribution is 0.186. The van der Waals surface area contributed by atoms with Gasteiger partial charge in [-0.05, 0) is 99.8 Å². The first-order chi connectivity index (χ1) is 19.9. The number of nitrogens with zero attached hydrogens (tertiary/aromatic N) is 4. The molecule has 1 aliphatic carbocycles. The molecule has 7 nitrogen and oxygen atoms in total. The fraction of sp³-hybridized carbons (Fsp3) is 0.625. The monoisotopic (exact) mass is 599 g/mol. The van der Waals surface area contributed by atoms with Gasteiger partial charge in [0.15, 0.2) is 0 Å². The Morgan fingerprint density at radius 2 is 1.46 bits per heavy atom. The van der Waals surface area contributed by atoms with Crippen LogP contribution in [0, 0.1) is 12.8 Å². The van der Waals surface area contributed by atoms with E-state index < -0.39 is 10.0 Å². The van der Waals surface area contributed by atoms with E-state index in [4.69, 9.17) is 5.73 Å². The van der Waals surface area contributed by atoms with E-state index >= 15 is 0 Å². The zero-order valence-electron chi connectivity index (χ0n) is 24.8. The Balaban J connectivity index is 1.27. The molecule has 0 radical (unpaired) electrons. The van der Waals surface area contributed by atoms with Gasteiger partial charge in [-0.15, -0.1) is 0 Å². The van der Waals surface area contributed by atoms with E-state index in [1.807, 2.05) is 12.1 Å². The van der Waals surface area contributed by atoms with Crippen LogP contribution in [0.25, 0.3) is 0 Å². The molecule has 2 aromatic rings. The average molecular weight is 600 g/mol. The van der Waals surface area contributed by atoms with Gasteiger partial charge in [-0.2, -0.15) is 4.31 Å². The van der Waals surface area contributed by atoms with Gasteiger partial charge in [0.05, 0.1) is 4.90 Å². The third kappa shape index (κ3) is 8.71. The predicted octanol–water partition coefficient (Wildman–Crippen LogP) is 5.56. The van der Waals surface area contributed by atoms with Crippen LogP contribution in [0.4, 0.5) is 5.69 Å². The molecule has 9 heteroatoms. The van der Waals surface area contributed by atoms with Crippen LogP contribution >= 0.6 is 12.1 Å². The number of aryl methyl sites for hydroxylation is 1. The lowest BCUT2D eigenvalue weighted by atomic mass is 9.89. The lowest BCUT2D eigenvalue weighted by Crippen LogP contribution is -2.40. The fourth-order valence-electron chi connectivity index (χ4n) is 6.62. The molecular formula is C32H49N5O2S2. The number of hydrogen-bond acceptors (Lipinski definition) is 7. The van der Waals surface area contributed by atoms with Crippen molar-refractivity contribution in [2.24, 2.45) is 5.92 Å². The second kappa shape index (κ2) is 14.7. The Labute approximate surface area is 252 Å². The molecule has 0 spiro atoms. The van der Waals surface area contributed by atoms with Crippen molar-refractivity contribution in [3.63, 3.8) is 0 Å². The second-order valence-electron chi connectivity index (χ2n) is 12.2. The quantitative estimate of drug-likeness (QED) is 0.344. The number of benzene rings is 2.